The van der Waals surface area contributed by atoms with Crippen LogP contribution < -0.4 is 4.74 Å². The van der Waals surface area contributed by atoms with E-state index in [0.717, 1.165) is 12.0 Å². The lowest BCUT2D eigenvalue weighted by Gasteiger charge is -2.17. The van der Waals surface area contributed by atoms with E-state index in [-0.39, 0.29) is 18.3 Å². The summed E-state index contributed by atoms with van der Waals surface area (Å²) in [5.74, 6) is 0.282. The molecular weight excluding hydrogens is 283 g/mol. The molecule has 0 aliphatic rings. The first-order valence-corrected chi connectivity index (χ1v) is 7.16. The predicted octanol–water partition coefficient (Wildman–Crippen LogP) is 2.69. The number of nitrogens with zero attached hydrogens (tertiary/aromatic N) is 2. The number of hydrogen-bond donors (Lipinski definition) is 0. The van der Waals surface area contributed by atoms with Crippen molar-refractivity contribution in [1.29, 1.82) is 0 Å². The molecule has 0 saturated carbocycles. The van der Waals surface area contributed by atoms with Crippen molar-refractivity contribution >= 4 is 5.91 Å². The summed E-state index contributed by atoms with van der Waals surface area (Å²) in [6.45, 7) is 0.934. The number of carbonyl (C=O) groups excluding carboxylic acids is 1. The third-order valence-electron chi connectivity index (χ3n) is 3.31. The van der Waals surface area contributed by atoms with E-state index in [2.05, 4.69) is 4.98 Å². The third kappa shape index (κ3) is 5.16. The van der Waals surface area contributed by atoms with Crippen molar-refractivity contribution in [2.24, 2.45) is 0 Å². The summed E-state index contributed by atoms with van der Waals surface area (Å²) in [6.07, 6.45) is 4.58. The fraction of sp³-hybridized carbons (Fsp3) is 0.294. The Morgan fingerprint density at radius 2 is 1.86 bits per heavy atom. The Bertz CT molecular complexity index is 587. The fourth-order valence-electron chi connectivity index (χ4n) is 1.95. The highest BCUT2D eigenvalue weighted by atomic mass is 19.1. The molecule has 0 fully saturated rings. The molecule has 0 aliphatic carbocycles. The van der Waals surface area contributed by atoms with E-state index in [4.69, 9.17) is 4.74 Å². The van der Waals surface area contributed by atoms with Gasteiger partial charge in [-0.2, -0.15) is 0 Å². The maximum absolute atomic E-state index is 12.7. The van der Waals surface area contributed by atoms with Crippen LogP contribution in [0.25, 0.3) is 0 Å². The summed E-state index contributed by atoms with van der Waals surface area (Å²) < 4.78 is 18.2. The maximum Gasteiger partial charge on any atom is 0.225 e. The van der Waals surface area contributed by atoms with Gasteiger partial charge in [0.25, 0.3) is 0 Å². The molecule has 0 radical (unpaired) electrons. The van der Waals surface area contributed by atoms with Crippen LogP contribution in [0.3, 0.4) is 0 Å². The number of rotatable bonds is 7. The van der Waals surface area contributed by atoms with Crippen molar-refractivity contribution in [3.8, 4) is 5.75 Å². The predicted molar refractivity (Wildman–Crippen MR) is 82.1 cm³/mol. The molecule has 2 aromatic rings. The molecular formula is C17H19FN2O2. The third-order valence-corrected chi connectivity index (χ3v) is 3.31. The van der Waals surface area contributed by atoms with E-state index in [9.17, 15) is 9.18 Å². The quantitative estimate of drug-likeness (QED) is 0.790. The highest BCUT2D eigenvalue weighted by Gasteiger charge is 2.09. The lowest BCUT2D eigenvalue weighted by atomic mass is 10.2. The Morgan fingerprint density at radius 3 is 2.55 bits per heavy atom. The van der Waals surface area contributed by atoms with Crippen molar-refractivity contribution < 1.29 is 13.9 Å². The molecule has 0 unspecified atom stereocenters. The maximum atomic E-state index is 12.7. The smallest absolute Gasteiger partial charge is 0.225 e. The van der Waals surface area contributed by atoms with Crippen LogP contribution in [-0.4, -0.2) is 36.0 Å². The Balaban J connectivity index is 1.69. The molecule has 0 aliphatic heterocycles. The van der Waals surface area contributed by atoms with E-state index in [0.29, 0.717) is 18.7 Å². The van der Waals surface area contributed by atoms with E-state index in [1.54, 1.807) is 36.5 Å². The SMILES string of the molecule is CN(CCc1ccncc1)C(=O)CCOc1ccc(F)cc1. The largest absolute Gasteiger partial charge is 0.493 e. The van der Waals surface area contributed by atoms with Crippen LogP contribution in [0.4, 0.5) is 4.39 Å². The molecule has 1 aromatic heterocycles. The summed E-state index contributed by atoms with van der Waals surface area (Å²) in [5, 5.41) is 0. The molecule has 0 atom stereocenters. The van der Waals surface area contributed by atoms with Crippen LogP contribution in [0.15, 0.2) is 48.8 Å². The minimum Gasteiger partial charge on any atom is -0.493 e. The Morgan fingerprint density at radius 1 is 1.18 bits per heavy atom. The van der Waals surface area contributed by atoms with Gasteiger partial charge in [0.1, 0.15) is 11.6 Å². The van der Waals surface area contributed by atoms with Crippen molar-refractivity contribution in [2.75, 3.05) is 20.2 Å². The fourth-order valence-corrected chi connectivity index (χ4v) is 1.95. The lowest BCUT2D eigenvalue weighted by molar-refractivity contribution is -0.130. The number of halogens is 1. The van der Waals surface area contributed by atoms with Gasteiger partial charge in [-0.25, -0.2) is 4.39 Å². The topological polar surface area (TPSA) is 42.4 Å². The summed E-state index contributed by atoms with van der Waals surface area (Å²) in [5.41, 5.74) is 1.15. The first-order chi connectivity index (χ1) is 10.6. The Labute approximate surface area is 129 Å². The minimum atomic E-state index is -0.306. The van der Waals surface area contributed by atoms with Crippen LogP contribution in [0.1, 0.15) is 12.0 Å². The molecule has 1 amide bonds. The van der Waals surface area contributed by atoms with Gasteiger partial charge in [-0.1, -0.05) is 0 Å². The van der Waals surface area contributed by atoms with E-state index < -0.39 is 0 Å². The molecule has 0 N–H and O–H groups in total. The monoisotopic (exact) mass is 302 g/mol. The average molecular weight is 302 g/mol. The Kier molecular flexibility index (Phi) is 5.89. The second kappa shape index (κ2) is 8.12. The van der Waals surface area contributed by atoms with Crippen molar-refractivity contribution in [2.45, 2.75) is 12.8 Å². The van der Waals surface area contributed by atoms with Crippen LogP contribution in [0.2, 0.25) is 0 Å². The molecule has 2 rings (SSSR count). The normalized spacial score (nSPS) is 10.3. The van der Waals surface area contributed by atoms with Gasteiger partial charge in [-0.3, -0.25) is 9.78 Å². The zero-order valence-electron chi connectivity index (χ0n) is 12.5. The van der Waals surface area contributed by atoms with Gasteiger partial charge in [0, 0.05) is 26.0 Å². The number of carbonyl (C=O) groups is 1. The zero-order chi connectivity index (χ0) is 15.8. The minimum absolute atomic E-state index is 0.0242. The van der Waals surface area contributed by atoms with E-state index >= 15 is 0 Å². The summed E-state index contributed by atoms with van der Waals surface area (Å²) in [7, 11) is 1.78. The Hall–Kier alpha value is -2.43. The number of pyridine rings is 1. The standard InChI is InChI=1S/C17H19FN2O2/c1-20(12-8-14-6-10-19-11-7-14)17(21)9-13-22-16-4-2-15(18)3-5-16/h2-7,10-11H,8-9,12-13H2,1H3. The molecule has 1 heterocycles. The summed E-state index contributed by atoms with van der Waals surface area (Å²) >= 11 is 0. The van der Waals surface area contributed by atoms with Gasteiger partial charge in [-0.05, 0) is 48.4 Å². The zero-order valence-corrected chi connectivity index (χ0v) is 12.5. The first kappa shape index (κ1) is 15.9. The first-order valence-electron chi connectivity index (χ1n) is 7.16. The van der Waals surface area contributed by atoms with Crippen LogP contribution >= 0.6 is 0 Å². The highest BCUT2D eigenvalue weighted by molar-refractivity contribution is 5.76. The number of likely N-dealkylation sites (N-methyl/N-ethyl adjacent to an activating group) is 1. The molecule has 5 heteroatoms. The molecule has 0 bridgehead atoms. The van der Waals surface area contributed by atoms with Crippen LogP contribution in [-0.2, 0) is 11.2 Å². The van der Waals surface area contributed by atoms with Crippen molar-refractivity contribution in [3.63, 3.8) is 0 Å². The number of aromatic nitrogens is 1. The van der Waals surface area contributed by atoms with Crippen molar-refractivity contribution in [3.05, 3.63) is 60.2 Å². The summed E-state index contributed by atoms with van der Waals surface area (Å²) in [6, 6.07) is 9.64. The second-order valence-electron chi connectivity index (χ2n) is 4.97. The van der Waals surface area contributed by atoms with Gasteiger partial charge < -0.3 is 9.64 Å². The van der Waals surface area contributed by atoms with Gasteiger partial charge in [0.05, 0.1) is 13.0 Å². The van der Waals surface area contributed by atoms with E-state index in [1.165, 1.54) is 12.1 Å². The number of amides is 1. The average Bonchev–Trinajstić information content (AvgIpc) is 2.55. The number of hydrogen-bond acceptors (Lipinski definition) is 3. The number of ether oxygens (including phenoxy) is 1. The highest BCUT2D eigenvalue weighted by Crippen LogP contribution is 2.11. The van der Waals surface area contributed by atoms with Gasteiger partial charge in [0.15, 0.2) is 0 Å². The number of benzene rings is 1. The van der Waals surface area contributed by atoms with Crippen LogP contribution in [0.5, 0.6) is 5.75 Å². The second-order valence-corrected chi connectivity index (χ2v) is 4.97. The van der Waals surface area contributed by atoms with Gasteiger partial charge in [-0.15, -0.1) is 0 Å². The molecule has 0 spiro atoms. The lowest BCUT2D eigenvalue weighted by Crippen LogP contribution is -2.29. The van der Waals surface area contributed by atoms with Gasteiger partial charge >= 0.3 is 0 Å². The van der Waals surface area contributed by atoms with Crippen LogP contribution in [0, 0.1) is 5.82 Å². The molecule has 1 aromatic carbocycles. The molecule has 0 saturated heterocycles. The van der Waals surface area contributed by atoms with Crippen molar-refractivity contribution in [1.82, 2.24) is 9.88 Å². The summed E-state index contributed by atoms with van der Waals surface area (Å²) in [4.78, 5) is 17.6. The van der Waals surface area contributed by atoms with Gasteiger partial charge in [0.2, 0.25) is 5.91 Å². The molecule has 116 valence electrons. The molecule has 4 nitrogen and oxygen atoms in total. The molecule has 22 heavy (non-hydrogen) atoms. The van der Waals surface area contributed by atoms with E-state index in [1.807, 2.05) is 12.1 Å².